The van der Waals surface area contributed by atoms with Gasteiger partial charge in [-0.2, -0.15) is 0 Å². The highest BCUT2D eigenvalue weighted by Gasteiger charge is 2.48. The van der Waals surface area contributed by atoms with Crippen LogP contribution in [-0.4, -0.2) is 11.8 Å². The molecule has 0 saturated heterocycles. The van der Waals surface area contributed by atoms with Gasteiger partial charge in [0.1, 0.15) is 5.76 Å². The van der Waals surface area contributed by atoms with E-state index in [1.54, 1.807) is 6.08 Å². The Morgan fingerprint density at radius 2 is 2.05 bits per heavy atom. The van der Waals surface area contributed by atoms with Crippen molar-refractivity contribution in [2.24, 2.45) is 11.3 Å². The zero-order valence-corrected chi connectivity index (χ0v) is 13.3. The minimum Gasteiger partial charge on any atom is -0.422 e. The smallest absolute Gasteiger partial charge is 0.339 e. The van der Waals surface area contributed by atoms with Gasteiger partial charge in [0.2, 0.25) is 0 Å². The Morgan fingerprint density at radius 1 is 1.27 bits per heavy atom. The molecule has 3 heteroatoms. The minimum atomic E-state index is -0.240. The van der Waals surface area contributed by atoms with Gasteiger partial charge >= 0.3 is 5.97 Å². The molecule has 4 aliphatic rings. The van der Waals surface area contributed by atoms with Gasteiger partial charge in [-0.25, -0.2) is 4.79 Å². The third-order valence-electron chi connectivity index (χ3n) is 5.45. The normalized spacial score (nSPS) is 30.2. The number of rotatable bonds is 1. The van der Waals surface area contributed by atoms with Crippen LogP contribution in [-0.2, 0) is 14.3 Å². The Hall–Kier alpha value is -1.90. The fourth-order valence-corrected chi connectivity index (χ4v) is 4.30. The molecule has 114 valence electrons. The van der Waals surface area contributed by atoms with Crippen LogP contribution in [0.15, 0.2) is 45.8 Å². The molecule has 0 bridgehead atoms. The molecule has 0 spiro atoms. The van der Waals surface area contributed by atoms with Crippen molar-refractivity contribution in [2.75, 3.05) is 0 Å². The van der Waals surface area contributed by atoms with E-state index in [9.17, 15) is 9.59 Å². The first-order valence-electron chi connectivity index (χ1n) is 8.09. The van der Waals surface area contributed by atoms with Gasteiger partial charge in [0, 0.05) is 16.6 Å². The first-order chi connectivity index (χ1) is 10.4. The number of ether oxygens (including phenoxy) is 1. The predicted octanol–water partition coefficient (Wildman–Crippen LogP) is 3.78. The maximum Gasteiger partial charge on any atom is 0.339 e. The Balaban J connectivity index is 1.99. The second-order valence-corrected chi connectivity index (χ2v) is 7.30. The van der Waals surface area contributed by atoms with E-state index in [4.69, 9.17) is 4.74 Å². The maximum atomic E-state index is 12.6. The number of carbonyl (C=O) groups is 2. The van der Waals surface area contributed by atoms with E-state index in [-0.39, 0.29) is 23.1 Å². The lowest BCUT2D eigenvalue weighted by Crippen LogP contribution is -2.23. The number of carbonyl (C=O) groups excluding carboxylic acids is 2. The zero-order chi connectivity index (χ0) is 15.6. The summed E-state index contributed by atoms with van der Waals surface area (Å²) in [5, 5.41) is 0. The van der Waals surface area contributed by atoms with Crippen molar-refractivity contribution in [3.05, 3.63) is 45.8 Å². The number of allylic oxidation sites excluding steroid dienone is 6. The monoisotopic (exact) mass is 296 g/mol. The van der Waals surface area contributed by atoms with Crippen LogP contribution in [0.5, 0.6) is 0 Å². The van der Waals surface area contributed by atoms with Crippen molar-refractivity contribution in [3.8, 4) is 0 Å². The molecule has 1 heterocycles. The van der Waals surface area contributed by atoms with Crippen LogP contribution in [0.1, 0.15) is 46.5 Å². The summed E-state index contributed by atoms with van der Waals surface area (Å²) in [6.07, 6.45) is 7.60. The second kappa shape index (κ2) is 4.31. The molecular weight excluding hydrogens is 276 g/mol. The van der Waals surface area contributed by atoms with E-state index in [1.165, 1.54) is 0 Å². The van der Waals surface area contributed by atoms with E-state index in [0.717, 1.165) is 48.0 Å². The highest BCUT2D eigenvalue weighted by molar-refractivity contribution is 6.15. The van der Waals surface area contributed by atoms with Crippen LogP contribution >= 0.6 is 0 Å². The second-order valence-electron chi connectivity index (χ2n) is 7.30. The maximum absolute atomic E-state index is 12.6. The molecular formula is C19H20O3. The summed E-state index contributed by atoms with van der Waals surface area (Å²) in [5.41, 5.74) is 4.41. The predicted molar refractivity (Wildman–Crippen MR) is 82.7 cm³/mol. The average molecular weight is 296 g/mol. The van der Waals surface area contributed by atoms with Crippen LogP contribution in [0.4, 0.5) is 0 Å². The SMILES string of the molecule is CC(C)C1=CC(=O)C2=C3OC(=O)C4=C3[C@](C)(CC=C12)CCC4. The number of ketones is 1. The standard InChI is InChI=1S/C19H20O3/c1-10(2)13-9-14(20)15-11(13)6-8-19(3)7-4-5-12-16(19)17(15)22-18(12)21/h6,9-10H,4-5,7-8H2,1-3H3/t19-/m0/s1. The number of fused-ring (bicyclic) bond motifs is 1. The van der Waals surface area contributed by atoms with Crippen LogP contribution < -0.4 is 0 Å². The molecule has 0 N–H and O–H groups in total. The van der Waals surface area contributed by atoms with E-state index in [0.29, 0.717) is 11.3 Å². The summed E-state index contributed by atoms with van der Waals surface area (Å²) in [7, 11) is 0. The minimum absolute atomic E-state index is 0.0127. The first kappa shape index (κ1) is 13.7. The number of esters is 1. The highest BCUT2D eigenvalue weighted by atomic mass is 16.5. The lowest BCUT2D eigenvalue weighted by atomic mass is 9.69. The molecule has 3 nitrogen and oxygen atoms in total. The van der Waals surface area contributed by atoms with Crippen LogP contribution in [0.3, 0.4) is 0 Å². The van der Waals surface area contributed by atoms with Crippen LogP contribution in [0.25, 0.3) is 0 Å². The molecule has 0 radical (unpaired) electrons. The summed E-state index contributed by atoms with van der Waals surface area (Å²) in [6.45, 7) is 6.39. The van der Waals surface area contributed by atoms with Crippen molar-refractivity contribution in [2.45, 2.75) is 46.5 Å². The molecule has 22 heavy (non-hydrogen) atoms. The third kappa shape index (κ3) is 1.62. The number of hydrogen-bond acceptors (Lipinski definition) is 3. The van der Waals surface area contributed by atoms with Gasteiger partial charge in [-0.15, -0.1) is 0 Å². The summed E-state index contributed by atoms with van der Waals surface area (Å²) >= 11 is 0. The quantitative estimate of drug-likeness (QED) is 0.692. The van der Waals surface area contributed by atoms with E-state index in [2.05, 4.69) is 26.8 Å². The molecule has 0 fully saturated rings. The lowest BCUT2D eigenvalue weighted by Gasteiger charge is -2.33. The molecule has 4 rings (SSSR count). The number of hydrogen-bond donors (Lipinski definition) is 0. The van der Waals surface area contributed by atoms with Crippen LogP contribution in [0.2, 0.25) is 0 Å². The Labute approximate surface area is 130 Å². The molecule has 0 unspecified atom stereocenters. The molecule has 0 aromatic carbocycles. The molecule has 1 atom stereocenters. The Kier molecular flexibility index (Phi) is 2.69. The van der Waals surface area contributed by atoms with Gasteiger partial charge in [0.05, 0.1) is 5.57 Å². The average Bonchev–Trinajstić information content (AvgIpc) is 2.91. The van der Waals surface area contributed by atoms with Crippen LogP contribution in [0, 0.1) is 11.3 Å². The Morgan fingerprint density at radius 3 is 2.77 bits per heavy atom. The molecule has 1 aliphatic heterocycles. The summed E-state index contributed by atoms with van der Waals surface area (Å²) < 4.78 is 5.61. The fourth-order valence-electron chi connectivity index (χ4n) is 4.30. The summed E-state index contributed by atoms with van der Waals surface area (Å²) in [5.74, 6) is 0.589. The lowest BCUT2D eigenvalue weighted by molar-refractivity contribution is -0.133. The van der Waals surface area contributed by atoms with Gasteiger partial charge in [-0.3, -0.25) is 4.79 Å². The van der Waals surface area contributed by atoms with Gasteiger partial charge in [0.15, 0.2) is 5.78 Å². The van der Waals surface area contributed by atoms with Gasteiger partial charge in [-0.05, 0) is 48.8 Å². The van der Waals surface area contributed by atoms with E-state index < -0.39 is 0 Å². The van der Waals surface area contributed by atoms with E-state index in [1.807, 2.05) is 0 Å². The van der Waals surface area contributed by atoms with Crippen molar-refractivity contribution >= 4 is 11.8 Å². The van der Waals surface area contributed by atoms with Gasteiger partial charge in [-0.1, -0.05) is 26.8 Å². The molecule has 0 aromatic heterocycles. The molecule has 0 amide bonds. The zero-order valence-electron chi connectivity index (χ0n) is 13.3. The summed E-state index contributed by atoms with van der Waals surface area (Å²) in [6, 6.07) is 0. The topological polar surface area (TPSA) is 43.4 Å². The highest BCUT2D eigenvalue weighted by Crippen LogP contribution is 2.55. The largest absolute Gasteiger partial charge is 0.422 e. The third-order valence-corrected chi connectivity index (χ3v) is 5.45. The van der Waals surface area contributed by atoms with Crippen molar-refractivity contribution in [3.63, 3.8) is 0 Å². The molecule has 0 aromatic rings. The van der Waals surface area contributed by atoms with Crippen molar-refractivity contribution in [1.29, 1.82) is 0 Å². The Bertz CT molecular complexity index is 743. The fraction of sp³-hybridized carbons (Fsp3) is 0.474. The first-order valence-corrected chi connectivity index (χ1v) is 8.09. The van der Waals surface area contributed by atoms with Gasteiger partial charge < -0.3 is 4.74 Å². The van der Waals surface area contributed by atoms with Crippen molar-refractivity contribution in [1.82, 2.24) is 0 Å². The molecule has 3 aliphatic carbocycles. The summed E-state index contributed by atoms with van der Waals surface area (Å²) in [4.78, 5) is 24.8. The molecule has 0 saturated carbocycles. The van der Waals surface area contributed by atoms with Crippen molar-refractivity contribution < 1.29 is 14.3 Å². The van der Waals surface area contributed by atoms with Gasteiger partial charge in [0.25, 0.3) is 0 Å². The van der Waals surface area contributed by atoms with E-state index >= 15 is 0 Å².